The zero-order valence-electron chi connectivity index (χ0n) is 10.9. The number of furan rings is 1. The lowest BCUT2D eigenvalue weighted by molar-refractivity contribution is -0.142. The van der Waals surface area contributed by atoms with Gasteiger partial charge in [0.15, 0.2) is 0 Å². The van der Waals surface area contributed by atoms with Gasteiger partial charge in [0, 0.05) is 18.5 Å². The highest BCUT2D eigenvalue weighted by Crippen LogP contribution is 2.26. The molecule has 100 valence electrons. The lowest BCUT2D eigenvalue weighted by Crippen LogP contribution is -2.22. The van der Waals surface area contributed by atoms with Gasteiger partial charge in [-0.1, -0.05) is 25.1 Å². The lowest BCUT2D eigenvalue weighted by Gasteiger charge is -2.12. The van der Waals surface area contributed by atoms with Crippen molar-refractivity contribution in [1.29, 1.82) is 0 Å². The maximum Gasteiger partial charge on any atom is 0.308 e. The number of para-hydroxylation sites is 1. The second-order valence-electron chi connectivity index (χ2n) is 5.37. The van der Waals surface area contributed by atoms with Gasteiger partial charge in [-0.25, -0.2) is 0 Å². The van der Waals surface area contributed by atoms with Gasteiger partial charge in [0.1, 0.15) is 11.3 Å². The van der Waals surface area contributed by atoms with Crippen LogP contribution in [0.15, 0.2) is 34.7 Å². The maximum absolute atomic E-state index is 11.1. The van der Waals surface area contributed by atoms with Crippen molar-refractivity contribution in [3.63, 3.8) is 0 Å². The first-order valence-electron chi connectivity index (χ1n) is 6.56. The number of nitrogens with zero attached hydrogens (tertiary/aromatic N) is 1. The molecule has 1 aromatic carbocycles. The average molecular weight is 259 g/mol. The van der Waals surface area contributed by atoms with Crippen LogP contribution in [-0.4, -0.2) is 29.1 Å². The van der Waals surface area contributed by atoms with Gasteiger partial charge in [0.05, 0.1) is 12.5 Å². The van der Waals surface area contributed by atoms with Crippen LogP contribution in [0, 0.1) is 11.8 Å². The highest BCUT2D eigenvalue weighted by Gasteiger charge is 2.34. The summed E-state index contributed by atoms with van der Waals surface area (Å²) in [5, 5.41) is 10.2. The van der Waals surface area contributed by atoms with Crippen molar-refractivity contribution in [3.05, 3.63) is 36.1 Å². The van der Waals surface area contributed by atoms with Crippen LogP contribution in [0.2, 0.25) is 0 Å². The summed E-state index contributed by atoms with van der Waals surface area (Å²) < 4.78 is 5.77. The van der Waals surface area contributed by atoms with Gasteiger partial charge in [0.2, 0.25) is 0 Å². The fourth-order valence-corrected chi connectivity index (χ4v) is 2.85. The van der Waals surface area contributed by atoms with E-state index in [-0.39, 0.29) is 11.8 Å². The Morgan fingerprint density at radius 1 is 1.42 bits per heavy atom. The summed E-state index contributed by atoms with van der Waals surface area (Å²) >= 11 is 0. The molecule has 0 bridgehead atoms. The number of hydrogen-bond acceptors (Lipinski definition) is 3. The molecule has 0 unspecified atom stereocenters. The van der Waals surface area contributed by atoms with Crippen molar-refractivity contribution in [1.82, 2.24) is 4.90 Å². The van der Waals surface area contributed by atoms with E-state index in [1.165, 1.54) is 0 Å². The number of carboxylic acid groups (broad SMARTS) is 1. The zero-order chi connectivity index (χ0) is 13.4. The second-order valence-corrected chi connectivity index (χ2v) is 5.37. The molecule has 1 N–H and O–H groups in total. The van der Waals surface area contributed by atoms with E-state index in [1.54, 1.807) is 0 Å². The third-order valence-electron chi connectivity index (χ3n) is 3.86. The van der Waals surface area contributed by atoms with E-state index in [9.17, 15) is 4.79 Å². The van der Waals surface area contributed by atoms with E-state index in [4.69, 9.17) is 9.52 Å². The summed E-state index contributed by atoms with van der Waals surface area (Å²) in [5.41, 5.74) is 0.888. The second kappa shape index (κ2) is 4.70. The minimum absolute atomic E-state index is 0.196. The van der Waals surface area contributed by atoms with Crippen LogP contribution in [0.3, 0.4) is 0 Å². The van der Waals surface area contributed by atoms with Gasteiger partial charge < -0.3 is 9.52 Å². The van der Waals surface area contributed by atoms with Gasteiger partial charge in [-0.3, -0.25) is 9.69 Å². The van der Waals surface area contributed by atoms with E-state index in [1.807, 2.05) is 37.3 Å². The van der Waals surface area contributed by atoms with Crippen LogP contribution >= 0.6 is 0 Å². The molecular weight excluding hydrogens is 242 g/mol. The van der Waals surface area contributed by atoms with E-state index in [2.05, 4.69) is 4.90 Å². The zero-order valence-corrected chi connectivity index (χ0v) is 10.9. The minimum atomic E-state index is -0.695. The fraction of sp³-hybridized carbons (Fsp3) is 0.400. The van der Waals surface area contributed by atoms with Crippen LogP contribution in [0.25, 0.3) is 11.0 Å². The third kappa shape index (κ3) is 2.36. The van der Waals surface area contributed by atoms with Gasteiger partial charge in [-0.2, -0.15) is 0 Å². The molecule has 2 atom stereocenters. The molecule has 1 aliphatic heterocycles. The average Bonchev–Trinajstić information content (AvgIpc) is 2.92. The molecule has 1 aromatic heterocycles. The summed E-state index contributed by atoms with van der Waals surface area (Å²) in [6.45, 7) is 4.10. The predicted octanol–water partition coefficient (Wildman–Crippen LogP) is 2.59. The highest BCUT2D eigenvalue weighted by molar-refractivity contribution is 5.77. The molecule has 2 heterocycles. The quantitative estimate of drug-likeness (QED) is 0.920. The molecule has 3 rings (SSSR count). The van der Waals surface area contributed by atoms with Crippen molar-refractivity contribution >= 4 is 16.9 Å². The molecule has 2 aromatic rings. The lowest BCUT2D eigenvalue weighted by atomic mass is 9.99. The Kier molecular flexibility index (Phi) is 3.03. The number of rotatable bonds is 3. The van der Waals surface area contributed by atoms with Gasteiger partial charge >= 0.3 is 5.97 Å². The SMILES string of the molecule is C[C@@H]1CN(Cc2cc3ccccc3o2)C[C@H]1C(=O)O. The maximum atomic E-state index is 11.1. The van der Waals surface area contributed by atoms with Crippen LogP contribution in [0.4, 0.5) is 0 Å². The first-order valence-corrected chi connectivity index (χ1v) is 6.56. The highest BCUT2D eigenvalue weighted by atomic mass is 16.4. The summed E-state index contributed by atoms with van der Waals surface area (Å²) in [6, 6.07) is 9.95. The summed E-state index contributed by atoms with van der Waals surface area (Å²) in [7, 11) is 0. The van der Waals surface area contributed by atoms with Crippen molar-refractivity contribution in [3.8, 4) is 0 Å². The third-order valence-corrected chi connectivity index (χ3v) is 3.86. The molecule has 0 spiro atoms. The molecule has 1 aliphatic rings. The molecule has 0 amide bonds. The Bertz CT molecular complexity index is 571. The first kappa shape index (κ1) is 12.2. The monoisotopic (exact) mass is 259 g/mol. The number of carbonyl (C=O) groups is 1. The van der Waals surface area contributed by atoms with E-state index < -0.39 is 5.97 Å². The van der Waals surface area contributed by atoms with E-state index in [0.717, 1.165) is 23.3 Å². The van der Waals surface area contributed by atoms with Crippen LogP contribution < -0.4 is 0 Å². The molecular formula is C15H17NO3. The predicted molar refractivity (Wildman–Crippen MR) is 71.8 cm³/mol. The number of likely N-dealkylation sites (tertiary alicyclic amines) is 1. The van der Waals surface area contributed by atoms with Crippen LogP contribution in [-0.2, 0) is 11.3 Å². The van der Waals surface area contributed by atoms with Crippen molar-refractivity contribution < 1.29 is 14.3 Å². The van der Waals surface area contributed by atoms with Gasteiger partial charge in [0.25, 0.3) is 0 Å². The Morgan fingerprint density at radius 2 is 2.21 bits per heavy atom. The topological polar surface area (TPSA) is 53.7 Å². The molecule has 4 nitrogen and oxygen atoms in total. The number of benzene rings is 1. The van der Waals surface area contributed by atoms with Gasteiger partial charge in [-0.05, 0) is 18.1 Å². The Hall–Kier alpha value is -1.81. The Morgan fingerprint density at radius 3 is 2.89 bits per heavy atom. The Balaban J connectivity index is 1.74. The van der Waals surface area contributed by atoms with Crippen molar-refractivity contribution in [2.45, 2.75) is 13.5 Å². The number of carboxylic acids is 1. The summed E-state index contributed by atoms with van der Waals surface area (Å²) in [5.74, 6) is 0.144. The van der Waals surface area contributed by atoms with E-state index >= 15 is 0 Å². The first-order chi connectivity index (χ1) is 9.13. The van der Waals surface area contributed by atoms with Crippen LogP contribution in [0.1, 0.15) is 12.7 Å². The largest absolute Gasteiger partial charge is 0.481 e. The molecule has 4 heteroatoms. The molecule has 1 saturated heterocycles. The number of fused-ring (bicyclic) bond motifs is 1. The molecule has 19 heavy (non-hydrogen) atoms. The molecule has 0 radical (unpaired) electrons. The van der Waals surface area contributed by atoms with E-state index in [0.29, 0.717) is 13.1 Å². The number of hydrogen-bond donors (Lipinski definition) is 1. The smallest absolute Gasteiger partial charge is 0.308 e. The van der Waals surface area contributed by atoms with Gasteiger partial charge in [-0.15, -0.1) is 0 Å². The van der Waals surface area contributed by atoms with Crippen molar-refractivity contribution in [2.24, 2.45) is 11.8 Å². The van der Waals surface area contributed by atoms with Crippen molar-refractivity contribution in [2.75, 3.05) is 13.1 Å². The standard InChI is InChI=1S/C15H17NO3/c1-10-7-16(9-13(10)15(17)18)8-12-6-11-4-2-3-5-14(11)19-12/h2-6,10,13H,7-9H2,1H3,(H,17,18)/t10-,13-/m1/s1. The summed E-state index contributed by atoms with van der Waals surface area (Å²) in [4.78, 5) is 13.3. The summed E-state index contributed by atoms with van der Waals surface area (Å²) in [6.07, 6.45) is 0. The van der Waals surface area contributed by atoms with Crippen LogP contribution in [0.5, 0.6) is 0 Å². The normalized spacial score (nSPS) is 24.1. The Labute approximate surface area is 111 Å². The fourth-order valence-electron chi connectivity index (χ4n) is 2.85. The molecule has 1 fully saturated rings. The number of aliphatic carboxylic acids is 1. The molecule has 0 saturated carbocycles. The molecule has 0 aliphatic carbocycles. The minimum Gasteiger partial charge on any atom is -0.481 e.